The van der Waals surface area contributed by atoms with Crippen LogP contribution in [0.15, 0.2) is 66.7 Å². The van der Waals surface area contributed by atoms with E-state index in [9.17, 15) is 9.59 Å². The molecule has 4 rings (SSSR count). The normalized spacial score (nSPS) is 13.6. The molecule has 0 radical (unpaired) electrons. The Morgan fingerprint density at radius 3 is 2.29 bits per heavy atom. The van der Waals surface area contributed by atoms with E-state index in [0.29, 0.717) is 36.5 Å². The summed E-state index contributed by atoms with van der Waals surface area (Å²) >= 11 is 0. The number of ether oxygens (including phenoxy) is 3. The Morgan fingerprint density at radius 2 is 1.65 bits per heavy atom. The fourth-order valence-corrected chi connectivity index (χ4v) is 4.46. The van der Waals surface area contributed by atoms with Crippen LogP contribution in [0.25, 0.3) is 0 Å². The first kappa shape index (κ1) is 23.4. The summed E-state index contributed by atoms with van der Waals surface area (Å²) in [7, 11) is 2.90. The van der Waals surface area contributed by atoms with Gasteiger partial charge in [0, 0.05) is 24.8 Å². The Balaban J connectivity index is 1.50. The van der Waals surface area contributed by atoms with Crippen molar-refractivity contribution < 1.29 is 23.8 Å². The lowest BCUT2D eigenvalue weighted by Crippen LogP contribution is -2.56. The van der Waals surface area contributed by atoms with E-state index in [0.717, 1.165) is 17.5 Å². The van der Waals surface area contributed by atoms with Crippen LogP contribution in [0.2, 0.25) is 0 Å². The van der Waals surface area contributed by atoms with Gasteiger partial charge in [0.1, 0.15) is 5.54 Å². The Kier molecular flexibility index (Phi) is 6.87. The molecular formula is C28H29NO5. The minimum absolute atomic E-state index is 0.371. The molecule has 0 saturated carbocycles. The number of benzene rings is 3. The van der Waals surface area contributed by atoms with Gasteiger partial charge < -0.3 is 19.5 Å². The van der Waals surface area contributed by atoms with Crippen molar-refractivity contribution in [2.45, 2.75) is 31.7 Å². The van der Waals surface area contributed by atoms with Gasteiger partial charge in [0.15, 0.2) is 11.5 Å². The van der Waals surface area contributed by atoms with Crippen LogP contribution in [0.5, 0.6) is 11.5 Å². The lowest BCUT2D eigenvalue weighted by atomic mass is 9.95. The minimum atomic E-state index is -1.14. The highest BCUT2D eigenvalue weighted by molar-refractivity contribution is 5.99. The van der Waals surface area contributed by atoms with Gasteiger partial charge in [0.05, 0.1) is 20.8 Å². The number of methoxy groups -OCH3 is 2. The fourth-order valence-electron chi connectivity index (χ4n) is 4.46. The summed E-state index contributed by atoms with van der Waals surface area (Å²) in [5.74, 6) is 0.186. The SMILES string of the molecule is COC(=O)C1(NC(=O)c2ccc(OC)c(OCCc3cccc(C)c3)c2)Cc2ccccc2C1. The van der Waals surface area contributed by atoms with Crippen LogP contribution >= 0.6 is 0 Å². The number of carbonyl (C=O) groups is 2. The van der Waals surface area contributed by atoms with E-state index in [1.807, 2.05) is 30.3 Å². The molecule has 1 aliphatic rings. The Hall–Kier alpha value is -3.80. The molecule has 34 heavy (non-hydrogen) atoms. The molecule has 3 aromatic carbocycles. The van der Waals surface area contributed by atoms with Gasteiger partial charge in [-0.05, 0) is 41.8 Å². The van der Waals surface area contributed by atoms with Crippen LogP contribution in [0, 0.1) is 6.92 Å². The first-order valence-corrected chi connectivity index (χ1v) is 11.3. The third-order valence-corrected chi connectivity index (χ3v) is 6.19. The number of amides is 1. The van der Waals surface area contributed by atoms with E-state index in [-0.39, 0.29) is 5.91 Å². The zero-order valence-electron chi connectivity index (χ0n) is 19.7. The molecule has 3 aromatic rings. The summed E-state index contributed by atoms with van der Waals surface area (Å²) in [6.45, 7) is 2.49. The van der Waals surface area contributed by atoms with Crippen LogP contribution in [0.1, 0.15) is 32.6 Å². The number of hydrogen-bond donors (Lipinski definition) is 1. The van der Waals surface area contributed by atoms with E-state index >= 15 is 0 Å². The second kappa shape index (κ2) is 10.00. The molecule has 1 amide bonds. The topological polar surface area (TPSA) is 73.9 Å². The maximum Gasteiger partial charge on any atom is 0.332 e. The van der Waals surface area contributed by atoms with Crippen LogP contribution in [0.4, 0.5) is 0 Å². The number of rotatable bonds is 8. The van der Waals surface area contributed by atoms with Crippen molar-refractivity contribution in [2.24, 2.45) is 0 Å². The third-order valence-electron chi connectivity index (χ3n) is 6.19. The zero-order chi connectivity index (χ0) is 24.1. The zero-order valence-corrected chi connectivity index (χ0v) is 19.7. The highest BCUT2D eigenvalue weighted by atomic mass is 16.5. The van der Waals surface area contributed by atoms with Gasteiger partial charge >= 0.3 is 5.97 Å². The monoisotopic (exact) mass is 459 g/mol. The largest absolute Gasteiger partial charge is 0.493 e. The van der Waals surface area contributed by atoms with E-state index < -0.39 is 11.5 Å². The van der Waals surface area contributed by atoms with Crippen molar-refractivity contribution in [2.75, 3.05) is 20.8 Å². The van der Waals surface area contributed by atoms with Crippen molar-refractivity contribution >= 4 is 11.9 Å². The second-order valence-electron chi connectivity index (χ2n) is 8.60. The quantitative estimate of drug-likeness (QED) is 0.514. The summed E-state index contributed by atoms with van der Waals surface area (Å²) < 4.78 is 16.5. The maximum atomic E-state index is 13.2. The maximum absolute atomic E-state index is 13.2. The van der Waals surface area contributed by atoms with Gasteiger partial charge in [0.25, 0.3) is 5.91 Å². The number of esters is 1. The summed E-state index contributed by atoms with van der Waals surface area (Å²) in [6.07, 6.45) is 1.50. The second-order valence-corrected chi connectivity index (χ2v) is 8.60. The Morgan fingerprint density at radius 1 is 0.912 bits per heavy atom. The van der Waals surface area contributed by atoms with Gasteiger partial charge in [-0.1, -0.05) is 54.1 Å². The Bertz CT molecular complexity index is 1180. The number of aryl methyl sites for hydroxylation is 1. The third kappa shape index (κ3) is 4.91. The molecule has 1 N–H and O–H groups in total. The van der Waals surface area contributed by atoms with Gasteiger partial charge in [-0.3, -0.25) is 4.79 Å². The average Bonchev–Trinajstić information content (AvgIpc) is 3.22. The molecule has 0 heterocycles. The fraction of sp³-hybridized carbons (Fsp3) is 0.286. The number of nitrogens with one attached hydrogen (secondary N) is 1. The van der Waals surface area contributed by atoms with Crippen LogP contribution in [-0.4, -0.2) is 38.2 Å². The van der Waals surface area contributed by atoms with Crippen molar-refractivity contribution in [3.63, 3.8) is 0 Å². The molecule has 1 aliphatic carbocycles. The molecule has 176 valence electrons. The number of hydrogen-bond acceptors (Lipinski definition) is 5. The standard InChI is InChI=1S/C28H29NO5/c1-19-7-6-8-20(15-19)13-14-34-25-16-21(11-12-24(25)32-2)26(30)29-28(27(31)33-3)17-22-9-4-5-10-23(22)18-28/h4-12,15-16H,13-14,17-18H2,1-3H3,(H,29,30). The summed E-state index contributed by atoms with van der Waals surface area (Å²) in [4.78, 5) is 26.0. The first-order chi connectivity index (χ1) is 16.4. The highest BCUT2D eigenvalue weighted by Gasteiger charge is 2.46. The molecule has 0 aliphatic heterocycles. The van der Waals surface area contributed by atoms with Crippen molar-refractivity contribution in [1.82, 2.24) is 5.32 Å². The van der Waals surface area contributed by atoms with Crippen LogP contribution in [0.3, 0.4) is 0 Å². The smallest absolute Gasteiger partial charge is 0.332 e. The van der Waals surface area contributed by atoms with E-state index in [2.05, 4.69) is 30.4 Å². The van der Waals surface area contributed by atoms with Crippen LogP contribution < -0.4 is 14.8 Å². The number of carbonyl (C=O) groups excluding carboxylic acids is 2. The molecular weight excluding hydrogens is 430 g/mol. The van der Waals surface area contributed by atoms with Crippen molar-refractivity contribution in [3.05, 3.63) is 94.5 Å². The molecule has 6 heteroatoms. The lowest BCUT2D eigenvalue weighted by molar-refractivity contribution is -0.147. The molecule has 6 nitrogen and oxygen atoms in total. The molecule has 0 bridgehead atoms. The molecule has 0 unspecified atom stereocenters. The predicted octanol–water partition coefficient (Wildman–Crippen LogP) is 4.07. The number of fused-ring (bicyclic) bond motifs is 1. The van der Waals surface area contributed by atoms with E-state index in [1.165, 1.54) is 18.2 Å². The van der Waals surface area contributed by atoms with Gasteiger partial charge in [-0.15, -0.1) is 0 Å². The first-order valence-electron chi connectivity index (χ1n) is 11.3. The van der Waals surface area contributed by atoms with Gasteiger partial charge in [-0.25, -0.2) is 4.79 Å². The van der Waals surface area contributed by atoms with Gasteiger partial charge in [-0.2, -0.15) is 0 Å². The van der Waals surface area contributed by atoms with Crippen molar-refractivity contribution in [3.8, 4) is 11.5 Å². The lowest BCUT2D eigenvalue weighted by Gasteiger charge is -2.27. The molecule has 0 atom stereocenters. The average molecular weight is 460 g/mol. The van der Waals surface area contributed by atoms with Crippen molar-refractivity contribution in [1.29, 1.82) is 0 Å². The highest BCUT2D eigenvalue weighted by Crippen LogP contribution is 2.33. The summed E-state index contributed by atoms with van der Waals surface area (Å²) in [5.41, 5.74) is 3.68. The van der Waals surface area contributed by atoms with E-state index in [1.54, 1.807) is 25.3 Å². The summed E-state index contributed by atoms with van der Waals surface area (Å²) in [6, 6.07) is 21.1. The molecule has 0 spiro atoms. The van der Waals surface area contributed by atoms with Crippen LogP contribution in [-0.2, 0) is 28.8 Å². The van der Waals surface area contributed by atoms with Gasteiger partial charge in [0.2, 0.25) is 0 Å². The molecule has 0 fully saturated rings. The predicted molar refractivity (Wildman–Crippen MR) is 129 cm³/mol. The minimum Gasteiger partial charge on any atom is -0.493 e. The summed E-state index contributed by atoms with van der Waals surface area (Å²) in [5, 5.41) is 2.95. The Labute approximate surface area is 199 Å². The molecule has 0 saturated heterocycles. The molecule has 0 aromatic heterocycles. The van der Waals surface area contributed by atoms with E-state index in [4.69, 9.17) is 14.2 Å².